The van der Waals surface area contributed by atoms with E-state index in [0.717, 1.165) is 0 Å². The predicted octanol–water partition coefficient (Wildman–Crippen LogP) is 4.45. The first kappa shape index (κ1) is 14.8. The van der Waals surface area contributed by atoms with Gasteiger partial charge < -0.3 is 5.32 Å². The lowest BCUT2D eigenvalue weighted by Crippen LogP contribution is -2.43. The minimum absolute atomic E-state index is 0.186. The van der Waals surface area contributed by atoms with Gasteiger partial charge in [-0.25, -0.2) is 0 Å². The molecule has 0 aliphatic heterocycles. The number of nitrogens with one attached hydrogen (secondary N) is 1. The zero-order valence-electron chi connectivity index (χ0n) is 12.9. The van der Waals surface area contributed by atoms with E-state index in [4.69, 9.17) is 0 Å². The van der Waals surface area contributed by atoms with Crippen LogP contribution in [-0.2, 0) is 0 Å². The van der Waals surface area contributed by atoms with Crippen molar-refractivity contribution in [1.29, 1.82) is 0 Å². The second-order valence-corrected chi connectivity index (χ2v) is 6.43. The monoisotopic (exact) mass is 267 g/mol. The summed E-state index contributed by atoms with van der Waals surface area (Å²) in [6.45, 7) is 6.90. The summed E-state index contributed by atoms with van der Waals surface area (Å²) in [5.41, 5.74) is 2.92. The lowest BCUT2D eigenvalue weighted by molar-refractivity contribution is 0.259. The van der Waals surface area contributed by atoms with Crippen molar-refractivity contribution in [2.75, 3.05) is 7.05 Å². The quantitative estimate of drug-likeness (QED) is 0.863. The average molecular weight is 267 g/mol. The van der Waals surface area contributed by atoms with Crippen LogP contribution >= 0.6 is 0 Å². The van der Waals surface area contributed by atoms with Crippen molar-refractivity contribution in [2.45, 2.75) is 32.7 Å². The molecule has 2 rings (SSSR count). The van der Waals surface area contributed by atoms with Crippen LogP contribution in [0.3, 0.4) is 0 Å². The number of likely N-dealkylation sites (N-methyl/N-ethyl adjacent to an activating group) is 1. The summed E-state index contributed by atoms with van der Waals surface area (Å²) in [7, 11) is 2.06. The first-order valence-corrected chi connectivity index (χ1v) is 7.31. The Morgan fingerprint density at radius 2 is 1.15 bits per heavy atom. The van der Waals surface area contributed by atoms with Crippen LogP contribution in [0.25, 0.3) is 0 Å². The lowest BCUT2D eigenvalue weighted by Gasteiger charge is -2.37. The summed E-state index contributed by atoms with van der Waals surface area (Å²) in [5, 5.41) is 3.54. The average Bonchev–Trinajstić information content (AvgIpc) is 2.45. The molecule has 0 saturated heterocycles. The number of rotatable bonds is 4. The van der Waals surface area contributed by atoms with E-state index in [0.29, 0.717) is 12.0 Å². The second kappa shape index (κ2) is 6.23. The van der Waals surface area contributed by atoms with E-state index in [9.17, 15) is 0 Å². The van der Waals surface area contributed by atoms with Crippen LogP contribution in [0.5, 0.6) is 0 Å². The van der Waals surface area contributed by atoms with Gasteiger partial charge in [-0.2, -0.15) is 0 Å². The van der Waals surface area contributed by atoms with Crippen molar-refractivity contribution < 1.29 is 0 Å². The zero-order chi connectivity index (χ0) is 14.6. The molecule has 0 aliphatic carbocycles. The minimum atomic E-state index is 0.186. The Labute approximate surface area is 123 Å². The maximum Gasteiger partial charge on any atom is 0.0248 e. The van der Waals surface area contributed by atoms with Gasteiger partial charge in [0.05, 0.1) is 0 Å². The van der Waals surface area contributed by atoms with E-state index >= 15 is 0 Å². The molecule has 0 aliphatic rings. The Bertz CT molecular complexity index is 471. The summed E-state index contributed by atoms with van der Waals surface area (Å²) < 4.78 is 0. The number of hydrogen-bond donors (Lipinski definition) is 1. The van der Waals surface area contributed by atoms with Gasteiger partial charge in [0.15, 0.2) is 0 Å². The van der Waals surface area contributed by atoms with Crippen molar-refractivity contribution in [1.82, 2.24) is 5.32 Å². The van der Waals surface area contributed by atoms with Gasteiger partial charge in [0.25, 0.3) is 0 Å². The van der Waals surface area contributed by atoms with E-state index in [1.165, 1.54) is 11.1 Å². The molecular formula is C19H25N. The molecule has 1 atom stereocenters. The topological polar surface area (TPSA) is 12.0 Å². The summed E-state index contributed by atoms with van der Waals surface area (Å²) in [5.74, 6) is 0.363. The zero-order valence-corrected chi connectivity index (χ0v) is 12.9. The fourth-order valence-corrected chi connectivity index (χ4v) is 3.00. The molecule has 1 unspecified atom stereocenters. The highest BCUT2D eigenvalue weighted by molar-refractivity contribution is 5.35. The highest BCUT2D eigenvalue weighted by Gasteiger charge is 2.32. The molecule has 0 fully saturated rings. The molecular weight excluding hydrogens is 242 g/mol. The summed E-state index contributed by atoms with van der Waals surface area (Å²) in [4.78, 5) is 0. The van der Waals surface area contributed by atoms with Crippen LogP contribution in [0.2, 0.25) is 0 Å². The van der Waals surface area contributed by atoms with Crippen LogP contribution in [0, 0.1) is 5.41 Å². The van der Waals surface area contributed by atoms with Gasteiger partial charge in [0, 0.05) is 12.0 Å². The lowest BCUT2D eigenvalue weighted by atomic mass is 9.73. The van der Waals surface area contributed by atoms with Crippen LogP contribution in [0.1, 0.15) is 37.8 Å². The Morgan fingerprint density at radius 1 is 0.750 bits per heavy atom. The molecule has 0 radical (unpaired) electrons. The third-order valence-electron chi connectivity index (χ3n) is 3.89. The fourth-order valence-electron chi connectivity index (χ4n) is 3.00. The molecule has 0 heterocycles. The molecule has 20 heavy (non-hydrogen) atoms. The minimum Gasteiger partial charge on any atom is -0.316 e. The van der Waals surface area contributed by atoms with Gasteiger partial charge in [0.2, 0.25) is 0 Å². The number of hydrogen-bond acceptors (Lipinski definition) is 1. The Hall–Kier alpha value is -1.60. The van der Waals surface area contributed by atoms with Crippen molar-refractivity contribution in [3.63, 3.8) is 0 Å². The van der Waals surface area contributed by atoms with Gasteiger partial charge in [-0.05, 0) is 23.6 Å². The van der Waals surface area contributed by atoms with Gasteiger partial charge in [-0.15, -0.1) is 0 Å². The molecule has 1 N–H and O–H groups in total. The fraction of sp³-hybridized carbons (Fsp3) is 0.368. The highest BCUT2D eigenvalue weighted by Crippen LogP contribution is 2.36. The van der Waals surface area contributed by atoms with Crippen LogP contribution < -0.4 is 5.32 Å². The predicted molar refractivity (Wildman–Crippen MR) is 87.0 cm³/mol. The SMILES string of the molecule is CNC(C(c1ccccc1)c1ccccc1)C(C)(C)C. The molecule has 0 aromatic heterocycles. The van der Waals surface area contributed by atoms with Crippen molar-refractivity contribution in [2.24, 2.45) is 5.41 Å². The molecule has 2 aromatic rings. The smallest absolute Gasteiger partial charge is 0.0248 e. The van der Waals surface area contributed by atoms with Crippen molar-refractivity contribution >= 4 is 0 Å². The molecule has 1 heteroatoms. The van der Waals surface area contributed by atoms with E-state index in [2.05, 4.69) is 93.8 Å². The molecule has 0 saturated carbocycles. The normalized spacial score (nSPS) is 13.4. The van der Waals surface area contributed by atoms with Crippen LogP contribution in [0.4, 0.5) is 0 Å². The summed E-state index contributed by atoms with van der Waals surface area (Å²) in [6, 6.07) is 22.0. The summed E-state index contributed by atoms with van der Waals surface area (Å²) >= 11 is 0. The largest absolute Gasteiger partial charge is 0.316 e. The van der Waals surface area contributed by atoms with E-state index in [-0.39, 0.29) is 5.41 Å². The Balaban J connectivity index is 2.50. The molecule has 0 bridgehead atoms. The molecule has 1 nitrogen and oxygen atoms in total. The second-order valence-electron chi connectivity index (χ2n) is 6.43. The van der Waals surface area contributed by atoms with E-state index in [1.807, 2.05) is 0 Å². The van der Waals surface area contributed by atoms with Crippen LogP contribution in [0.15, 0.2) is 60.7 Å². The Kier molecular flexibility index (Phi) is 4.61. The first-order chi connectivity index (χ1) is 9.54. The third-order valence-corrected chi connectivity index (χ3v) is 3.89. The molecule has 2 aromatic carbocycles. The van der Waals surface area contributed by atoms with Crippen molar-refractivity contribution in [3.8, 4) is 0 Å². The number of benzene rings is 2. The maximum absolute atomic E-state index is 3.54. The van der Waals surface area contributed by atoms with E-state index < -0.39 is 0 Å². The van der Waals surface area contributed by atoms with Gasteiger partial charge >= 0.3 is 0 Å². The Morgan fingerprint density at radius 3 is 1.45 bits per heavy atom. The standard InChI is InChI=1S/C19H25N/c1-19(2,3)18(20-4)17(15-11-7-5-8-12-15)16-13-9-6-10-14-16/h5-14,17-18,20H,1-4H3. The van der Waals surface area contributed by atoms with E-state index in [1.54, 1.807) is 0 Å². The molecule has 0 amide bonds. The highest BCUT2D eigenvalue weighted by atomic mass is 14.9. The van der Waals surface area contributed by atoms with Gasteiger partial charge in [-0.3, -0.25) is 0 Å². The maximum atomic E-state index is 3.54. The molecule has 106 valence electrons. The third kappa shape index (κ3) is 3.29. The first-order valence-electron chi connectivity index (χ1n) is 7.31. The van der Waals surface area contributed by atoms with Gasteiger partial charge in [-0.1, -0.05) is 81.4 Å². The van der Waals surface area contributed by atoms with Crippen LogP contribution in [-0.4, -0.2) is 13.1 Å². The molecule has 0 spiro atoms. The van der Waals surface area contributed by atoms with Crippen molar-refractivity contribution in [3.05, 3.63) is 71.8 Å². The van der Waals surface area contributed by atoms with Gasteiger partial charge in [0.1, 0.15) is 0 Å². The summed E-state index contributed by atoms with van der Waals surface area (Å²) in [6.07, 6.45) is 0.